The molecule has 0 bridgehead atoms. The average Bonchev–Trinajstić information content (AvgIpc) is 3.92. The highest BCUT2D eigenvalue weighted by Crippen LogP contribution is 2.58. The zero-order valence-corrected chi connectivity index (χ0v) is 38.4. The molecule has 0 saturated carbocycles. The van der Waals surface area contributed by atoms with Crippen LogP contribution in [0.15, 0.2) is 237 Å². The third kappa shape index (κ3) is 6.41. The molecule has 1 aromatic heterocycles. The van der Waals surface area contributed by atoms with E-state index in [4.69, 9.17) is 0 Å². The Morgan fingerprint density at radius 3 is 1.03 bits per heavy atom. The van der Waals surface area contributed by atoms with Crippen LogP contribution in [0.3, 0.4) is 0 Å². The molecule has 0 unspecified atom stereocenters. The minimum Gasteiger partial charge on any atom is -0.296 e. The highest BCUT2D eigenvalue weighted by Gasteiger charge is 2.40. The summed E-state index contributed by atoms with van der Waals surface area (Å²) in [6.45, 7) is 9.48. The second-order valence-corrected chi connectivity index (χ2v) is 18.9. The van der Waals surface area contributed by atoms with E-state index in [9.17, 15) is 0 Å². The van der Waals surface area contributed by atoms with E-state index in [1.54, 1.807) is 0 Å². The second kappa shape index (κ2) is 15.8. The van der Waals surface area contributed by atoms with Gasteiger partial charge < -0.3 is 0 Å². The van der Waals surface area contributed by atoms with Crippen molar-refractivity contribution in [2.24, 2.45) is 0 Å². The predicted octanol–water partition coefficient (Wildman–Crippen LogP) is 17.4. The van der Waals surface area contributed by atoms with Crippen LogP contribution in [0.2, 0.25) is 0 Å². The number of nitrogens with zero attached hydrogens (tertiary/aromatic N) is 3. The third-order valence-corrected chi connectivity index (χ3v) is 14.4. The quantitative estimate of drug-likeness (QED) is 0.143. The summed E-state index contributed by atoms with van der Waals surface area (Å²) < 4.78 is 2.53. The smallest absolute Gasteiger partial charge is 0.132 e. The first kappa shape index (κ1) is 40.4. The summed E-state index contributed by atoms with van der Waals surface area (Å²) >= 11 is 0. The summed E-state index contributed by atoms with van der Waals surface area (Å²) in [5.74, 6) is 2.08. The Labute approximate surface area is 394 Å². The summed E-state index contributed by atoms with van der Waals surface area (Å²) in [6, 6.07) is 87.0. The lowest BCUT2D eigenvalue weighted by molar-refractivity contribution is 0.660. The minimum absolute atomic E-state index is 0.195. The molecule has 2 aliphatic carbocycles. The zero-order valence-electron chi connectivity index (χ0n) is 38.4. The van der Waals surface area contributed by atoms with Gasteiger partial charge in [0.05, 0.1) is 0 Å². The van der Waals surface area contributed by atoms with Crippen LogP contribution < -0.4 is 9.80 Å². The van der Waals surface area contributed by atoms with Gasteiger partial charge >= 0.3 is 0 Å². The van der Waals surface area contributed by atoms with Gasteiger partial charge in [0.15, 0.2) is 0 Å². The summed E-state index contributed by atoms with van der Waals surface area (Å²) in [6.07, 6.45) is 0. The van der Waals surface area contributed by atoms with Crippen LogP contribution in [0.5, 0.6) is 0 Å². The average molecular weight is 862 g/mol. The van der Waals surface area contributed by atoms with Gasteiger partial charge in [0.1, 0.15) is 11.6 Å². The van der Waals surface area contributed by atoms with E-state index >= 15 is 0 Å². The molecule has 12 rings (SSSR count). The van der Waals surface area contributed by atoms with Crippen molar-refractivity contribution in [1.29, 1.82) is 0 Å². The Bertz CT molecular complexity index is 3230. The topological polar surface area (TPSA) is 11.4 Å². The van der Waals surface area contributed by atoms with Crippen molar-refractivity contribution < 1.29 is 0 Å². The van der Waals surface area contributed by atoms with Gasteiger partial charge in [0.25, 0.3) is 0 Å². The number of hydrogen-bond acceptors (Lipinski definition) is 2. The molecule has 0 fully saturated rings. The molecule has 0 saturated heterocycles. The van der Waals surface area contributed by atoms with Crippen LogP contribution in [0.1, 0.15) is 49.9 Å². The molecule has 0 aliphatic heterocycles. The number of aromatic nitrogens is 1. The lowest BCUT2D eigenvalue weighted by atomic mass is 9.82. The fraction of sp³-hybridized carbons (Fsp3) is 0.0938. The van der Waals surface area contributed by atoms with E-state index in [2.05, 4.69) is 279 Å². The van der Waals surface area contributed by atoms with Gasteiger partial charge in [-0.1, -0.05) is 204 Å². The van der Waals surface area contributed by atoms with E-state index < -0.39 is 0 Å². The van der Waals surface area contributed by atoms with Crippen molar-refractivity contribution >= 4 is 34.4 Å². The highest BCUT2D eigenvalue weighted by molar-refractivity contribution is 6.06. The van der Waals surface area contributed by atoms with Crippen LogP contribution in [0.4, 0.5) is 34.4 Å². The molecular weight excluding hydrogens is 811 g/mol. The lowest BCUT2D eigenvalue weighted by Crippen LogP contribution is -2.20. The number of rotatable bonds is 9. The molecule has 10 aromatic rings. The summed E-state index contributed by atoms with van der Waals surface area (Å²) in [5, 5.41) is 0. The summed E-state index contributed by atoms with van der Waals surface area (Å²) in [4.78, 5) is 5.02. The molecule has 0 radical (unpaired) electrons. The predicted molar refractivity (Wildman–Crippen MR) is 281 cm³/mol. The standard InChI is InChI=1S/C64H51N3/c1-63(2)55-36-22-20-34-51(55)53-40-38-49(42-57(53)63)65(46-28-14-7-15-29-46)61-59(44-24-10-5-11-25-44)60(45-26-12-6-13-27-45)62(67(61)48-32-18-9-19-33-48)66(47-30-16-8-17-31-47)50-39-41-54-52-35-21-23-37-56(52)64(3,4)58(54)43-50/h5-43H,1-4H3. The Hall–Kier alpha value is -8.14. The van der Waals surface area contributed by atoms with E-state index in [0.29, 0.717) is 0 Å². The maximum atomic E-state index is 2.53. The molecular formula is C64H51N3. The monoisotopic (exact) mass is 861 g/mol. The fourth-order valence-corrected chi connectivity index (χ4v) is 11.2. The SMILES string of the molecule is CC1(C)c2ccccc2-c2ccc(N(c3ccccc3)c3c(-c4ccccc4)c(-c4ccccc4)c(N(c4ccccc4)c4ccc5c(c4)C(C)(C)c4ccccc4-5)n3-c3ccccc3)cc21. The first-order valence-electron chi connectivity index (χ1n) is 23.4. The highest BCUT2D eigenvalue weighted by atomic mass is 15.3. The molecule has 0 spiro atoms. The van der Waals surface area contributed by atoms with E-state index in [0.717, 1.165) is 62.3 Å². The van der Waals surface area contributed by atoms with E-state index in [-0.39, 0.29) is 10.8 Å². The summed E-state index contributed by atoms with van der Waals surface area (Å²) in [5.41, 5.74) is 20.1. The molecule has 3 nitrogen and oxygen atoms in total. The molecule has 9 aromatic carbocycles. The number of hydrogen-bond donors (Lipinski definition) is 0. The van der Waals surface area contributed by atoms with Gasteiger partial charge in [-0.3, -0.25) is 14.4 Å². The Morgan fingerprint density at radius 2 is 0.627 bits per heavy atom. The fourth-order valence-electron chi connectivity index (χ4n) is 11.2. The van der Waals surface area contributed by atoms with E-state index in [1.807, 2.05) is 0 Å². The van der Waals surface area contributed by atoms with Crippen LogP contribution in [0.25, 0.3) is 50.2 Å². The van der Waals surface area contributed by atoms with Crippen molar-refractivity contribution in [3.63, 3.8) is 0 Å². The number of anilines is 6. The molecule has 0 N–H and O–H groups in total. The van der Waals surface area contributed by atoms with Gasteiger partial charge in [-0.25, -0.2) is 0 Å². The third-order valence-electron chi connectivity index (χ3n) is 14.4. The zero-order chi connectivity index (χ0) is 45.3. The van der Waals surface area contributed by atoms with Gasteiger partial charge in [-0.2, -0.15) is 0 Å². The largest absolute Gasteiger partial charge is 0.296 e. The first-order valence-corrected chi connectivity index (χ1v) is 23.4. The van der Waals surface area contributed by atoms with Crippen LogP contribution >= 0.6 is 0 Å². The second-order valence-electron chi connectivity index (χ2n) is 18.9. The number of benzene rings is 9. The van der Waals surface area contributed by atoms with Gasteiger partial charge in [0.2, 0.25) is 0 Å². The Kier molecular flexibility index (Phi) is 9.51. The molecule has 2 aliphatic rings. The van der Waals surface area contributed by atoms with Crippen molar-refractivity contribution in [3.8, 4) is 50.2 Å². The minimum atomic E-state index is -0.195. The van der Waals surface area contributed by atoms with Crippen molar-refractivity contribution in [2.45, 2.75) is 38.5 Å². The molecule has 322 valence electrons. The van der Waals surface area contributed by atoms with E-state index in [1.165, 1.54) is 44.5 Å². The molecule has 1 heterocycles. The number of fused-ring (bicyclic) bond motifs is 6. The Morgan fingerprint density at radius 1 is 0.299 bits per heavy atom. The van der Waals surface area contributed by atoms with Crippen LogP contribution in [0, 0.1) is 0 Å². The lowest BCUT2D eigenvalue weighted by Gasteiger charge is -2.32. The van der Waals surface area contributed by atoms with Gasteiger partial charge in [0, 0.05) is 50.4 Å². The van der Waals surface area contributed by atoms with Gasteiger partial charge in [-0.15, -0.1) is 0 Å². The van der Waals surface area contributed by atoms with Crippen LogP contribution in [-0.4, -0.2) is 4.57 Å². The molecule has 0 atom stereocenters. The maximum Gasteiger partial charge on any atom is 0.132 e. The summed E-state index contributed by atoms with van der Waals surface area (Å²) in [7, 11) is 0. The van der Waals surface area contributed by atoms with Crippen molar-refractivity contribution in [1.82, 2.24) is 4.57 Å². The maximum absolute atomic E-state index is 2.53. The molecule has 3 heteroatoms. The molecule has 67 heavy (non-hydrogen) atoms. The van der Waals surface area contributed by atoms with Crippen molar-refractivity contribution in [3.05, 3.63) is 259 Å². The van der Waals surface area contributed by atoms with Crippen molar-refractivity contribution in [2.75, 3.05) is 9.80 Å². The Balaban J connectivity index is 1.24. The van der Waals surface area contributed by atoms with Gasteiger partial charge in [-0.05, 0) is 116 Å². The van der Waals surface area contributed by atoms with Crippen LogP contribution in [-0.2, 0) is 10.8 Å². The molecule has 0 amide bonds. The number of para-hydroxylation sites is 3. The first-order chi connectivity index (χ1) is 32.8. The normalized spacial score (nSPS) is 13.6.